The molecule has 0 spiro atoms. The van der Waals surface area contributed by atoms with Crippen molar-refractivity contribution in [3.05, 3.63) is 70.9 Å². The van der Waals surface area contributed by atoms with Gasteiger partial charge in [-0.3, -0.25) is 0 Å². The lowest BCUT2D eigenvalue weighted by molar-refractivity contribution is 0.251. The molecule has 0 atom stereocenters. The molecular weight excluding hydrogens is 458 g/mol. The normalized spacial score (nSPS) is 15.8. The average molecular weight is 488 g/mol. The Kier molecular flexibility index (Phi) is 6.96. The highest BCUT2D eigenvalue weighted by molar-refractivity contribution is 7.89. The molecule has 1 aromatic heterocycles. The Morgan fingerprint density at radius 2 is 1.70 bits per heavy atom. The van der Waals surface area contributed by atoms with Crippen LogP contribution in [-0.2, 0) is 22.0 Å². The quantitative estimate of drug-likeness (QED) is 0.515. The maximum atomic E-state index is 13.7. The third-order valence-electron chi connectivity index (χ3n) is 6.05. The van der Waals surface area contributed by atoms with Crippen LogP contribution in [0.3, 0.4) is 0 Å². The first-order chi connectivity index (χ1) is 15.6. The fourth-order valence-electron chi connectivity index (χ4n) is 4.06. The van der Waals surface area contributed by atoms with Crippen LogP contribution in [-0.4, -0.2) is 37.0 Å². The van der Waals surface area contributed by atoms with E-state index in [1.165, 1.54) is 0 Å². The van der Waals surface area contributed by atoms with Crippen LogP contribution in [0.25, 0.3) is 11.3 Å². The van der Waals surface area contributed by atoms with E-state index >= 15 is 0 Å². The minimum Gasteiger partial charge on any atom is -0.356 e. The van der Waals surface area contributed by atoms with Gasteiger partial charge in [0.1, 0.15) is 0 Å². The first-order valence-electron chi connectivity index (χ1n) is 11.2. The molecule has 0 saturated carbocycles. The molecule has 8 heteroatoms. The molecule has 1 N–H and O–H groups in total. The summed E-state index contributed by atoms with van der Waals surface area (Å²) in [6.07, 6.45) is 1.50. The lowest BCUT2D eigenvalue weighted by atomic mass is 9.87. The van der Waals surface area contributed by atoms with Crippen LogP contribution in [0.5, 0.6) is 0 Å². The predicted octanol–water partition coefficient (Wildman–Crippen LogP) is 5.24. The van der Waals surface area contributed by atoms with Gasteiger partial charge >= 0.3 is 0 Å². The summed E-state index contributed by atoms with van der Waals surface area (Å²) in [4.78, 5) is 0.301. The molecule has 0 radical (unpaired) electrons. The molecule has 0 aliphatic carbocycles. The van der Waals surface area contributed by atoms with Crippen molar-refractivity contribution in [2.45, 2.75) is 56.5 Å². The molecule has 1 saturated heterocycles. The maximum absolute atomic E-state index is 13.7. The van der Waals surface area contributed by atoms with Crippen LogP contribution in [0.1, 0.15) is 44.9 Å². The zero-order valence-electron chi connectivity index (χ0n) is 19.2. The van der Waals surface area contributed by atoms with Crippen molar-refractivity contribution in [2.75, 3.05) is 13.1 Å². The van der Waals surface area contributed by atoms with E-state index in [1.807, 2.05) is 24.3 Å². The van der Waals surface area contributed by atoms with Crippen molar-refractivity contribution in [1.29, 1.82) is 0 Å². The summed E-state index contributed by atoms with van der Waals surface area (Å²) in [5.41, 5.74) is 2.47. The van der Waals surface area contributed by atoms with Crippen LogP contribution < -0.4 is 5.32 Å². The fraction of sp³-hybridized carbons (Fsp3) is 0.400. The summed E-state index contributed by atoms with van der Waals surface area (Å²) < 4.78 is 34.6. The zero-order chi connectivity index (χ0) is 23.6. The molecule has 0 bridgehead atoms. The second kappa shape index (κ2) is 9.58. The number of nitrogens with zero attached hydrogens (tertiary/aromatic N) is 2. The Morgan fingerprint density at radius 1 is 1.06 bits per heavy atom. The zero-order valence-corrected chi connectivity index (χ0v) is 20.8. The summed E-state index contributed by atoms with van der Waals surface area (Å²) in [5.74, 6) is 0.582. The van der Waals surface area contributed by atoms with E-state index in [9.17, 15) is 8.42 Å². The number of hydrogen-bond donors (Lipinski definition) is 1. The van der Waals surface area contributed by atoms with Gasteiger partial charge < -0.3 is 9.84 Å². The molecule has 1 aliphatic heterocycles. The van der Waals surface area contributed by atoms with Gasteiger partial charge in [0.15, 0.2) is 5.76 Å². The number of nitrogens with one attached hydrogen (secondary N) is 1. The molecule has 33 heavy (non-hydrogen) atoms. The fourth-order valence-corrected chi connectivity index (χ4v) is 5.85. The highest BCUT2D eigenvalue weighted by Crippen LogP contribution is 2.29. The monoisotopic (exact) mass is 487 g/mol. The van der Waals surface area contributed by atoms with Gasteiger partial charge in [-0.05, 0) is 73.3 Å². The largest absolute Gasteiger partial charge is 0.356 e. The third kappa shape index (κ3) is 5.49. The number of sulfonamides is 1. The predicted molar refractivity (Wildman–Crippen MR) is 131 cm³/mol. The molecule has 1 fully saturated rings. The number of halogens is 1. The molecule has 4 rings (SSSR count). The topological polar surface area (TPSA) is 75.4 Å². The number of rotatable bonds is 6. The van der Waals surface area contributed by atoms with Gasteiger partial charge in [-0.1, -0.05) is 49.7 Å². The number of aromatic nitrogens is 1. The molecule has 2 heterocycles. The number of piperidine rings is 1. The Hall–Kier alpha value is -2.19. The van der Waals surface area contributed by atoms with Gasteiger partial charge in [-0.15, -0.1) is 0 Å². The minimum absolute atomic E-state index is 0.0458. The molecule has 176 valence electrons. The average Bonchev–Trinajstić information content (AvgIpc) is 3.27. The van der Waals surface area contributed by atoms with Crippen molar-refractivity contribution in [2.24, 2.45) is 0 Å². The molecule has 0 amide bonds. The highest BCUT2D eigenvalue weighted by atomic mass is 35.5. The van der Waals surface area contributed by atoms with E-state index in [0.717, 1.165) is 37.1 Å². The van der Waals surface area contributed by atoms with E-state index < -0.39 is 10.0 Å². The standard InChI is InChI=1S/C25H30ClN3O3S/c1-25(2,3)19-6-10-23(11-7-19)33(30,31)29(22-12-14-27-15-13-22)17-21-16-24(32-28-21)18-4-8-20(26)9-5-18/h4-11,16,22,27H,12-15,17H2,1-3H3. The van der Waals surface area contributed by atoms with Crippen molar-refractivity contribution >= 4 is 21.6 Å². The van der Waals surface area contributed by atoms with Crippen molar-refractivity contribution in [3.63, 3.8) is 0 Å². The summed E-state index contributed by atoms with van der Waals surface area (Å²) in [6.45, 7) is 8.07. The van der Waals surface area contributed by atoms with E-state index in [-0.39, 0.29) is 18.0 Å². The molecule has 1 aliphatic rings. The van der Waals surface area contributed by atoms with Crippen LogP contribution in [0.2, 0.25) is 5.02 Å². The number of hydrogen-bond acceptors (Lipinski definition) is 5. The van der Waals surface area contributed by atoms with Crippen molar-refractivity contribution in [3.8, 4) is 11.3 Å². The third-order valence-corrected chi connectivity index (χ3v) is 8.21. The molecule has 0 unspecified atom stereocenters. The molecule has 6 nitrogen and oxygen atoms in total. The first-order valence-corrected chi connectivity index (χ1v) is 13.0. The van der Waals surface area contributed by atoms with E-state index in [2.05, 4.69) is 31.2 Å². The summed E-state index contributed by atoms with van der Waals surface area (Å²) in [5, 5.41) is 8.12. The lowest BCUT2D eigenvalue weighted by Gasteiger charge is -2.33. The van der Waals surface area contributed by atoms with E-state index in [4.69, 9.17) is 16.1 Å². The molecule has 2 aromatic carbocycles. The Balaban J connectivity index is 1.63. The smallest absolute Gasteiger partial charge is 0.243 e. The van der Waals surface area contributed by atoms with Gasteiger partial charge in [0.2, 0.25) is 10.0 Å². The second-order valence-corrected chi connectivity index (χ2v) is 11.8. The van der Waals surface area contributed by atoms with Crippen LogP contribution in [0.15, 0.2) is 64.0 Å². The van der Waals surface area contributed by atoms with E-state index in [0.29, 0.717) is 21.4 Å². The highest BCUT2D eigenvalue weighted by Gasteiger charge is 2.33. The Labute approximate surface area is 201 Å². The Morgan fingerprint density at radius 3 is 2.30 bits per heavy atom. The second-order valence-electron chi connectivity index (χ2n) is 9.50. The summed E-state index contributed by atoms with van der Waals surface area (Å²) in [6, 6.07) is 16.2. The van der Waals surface area contributed by atoms with Crippen molar-refractivity contribution < 1.29 is 12.9 Å². The van der Waals surface area contributed by atoms with Gasteiger partial charge in [0, 0.05) is 22.7 Å². The van der Waals surface area contributed by atoms with Crippen molar-refractivity contribution in [1.82, 2.24) is 14.8 Å². The number of benzene rings is 2. The van der Waals surface area contributed by atoms with Crippen LogP contribution in [0, 0.1) is 0 Å². The SMILES string of the molecule is CC(C)(C)c1ccc(S(=O)(=O)N(Cc2cc(-c3ccc(Cl)cc3)on2)C2CCNCC2)cc1. The van der Waals surface area contributed by atoms with Gasteiger partial charge in [-0.2, -0.15) is 4.31 Å². The molecule has 3 aromatic rings. The van der Waals surface area contributed by atoms with Gasteiger partial charge in [-0.25, -0.2) is 8.42 Å². The summed E-state index contributed by atoms with van der Waals surface area (Å²) >= 11 is 5.98. The first kappa shape index (κ1) is 24.0. The van der Waals surface area contributed by atoms with Crippen LogP contribution in [0.4, 0.5) is 0 Å². The minimum atomic E-state index is -3.72. The van der Waals surface area contributed by atoms with E-state index in [1.54, 1.807) is 34.6 Å². The lowest BCUT2D eigenvalue weighted by Crippen LogP contribution is -2.45. The van der Waals surface area contributed by atoms with Crippen LogP contribution >= 0.6 is 11.6 Å². The maximum Gasteiger partial charge on any atom is 0.243 e. The van der Waals surface area contributed by atoms with Gasteiger partial charge in [0.25, 0.3) is 0 Å². The summed E-state index contributed by atoms with van der Waals surface area (Å²) in [7, 11) is -3.72. The molecular formula is C25H30ClN3O3S. The van der Waals surface area contributed by atoms with Gasteiger partial charge in [0.05, 0.1) is 17.1 Å². The Bertz CT molecular complexity index is 1180.